The molecular weight excluding hydrogens is 402 g/mol. The molecule has 0 fully saturated rings. The van der Waals surface area contributed by atoms with Gasteiger partial charge < -0.3 is 14.0 Å². The minimum absolute atomic E-state index is 0.127. The van der Waals surface area contributed by atoms with E-state index in [4.69, 9.17) is 14.0 Å². The van der Waals surface area contributed by atoms with Gasteiger partial charge in [-0.2, -0.15) is 0 Å². The minimum Gasteiger partial charge on any atom is -0.467 e. The molecule has 2 aromatic carbocycles. The molecule has 2 aromatic rings. The first-order valence-corrected chi connectivity index (χ1v) is 12.3. The van der Waals surface area contributed by atoms with Gasteiger partial charge in [-0.3, -0.25) is 4.57 Å². The zero-order valence-corrected chi connectivity index (χ0v) is 19.9. The van der Waals surface area contributed by atoms with Crippen LogP contribution in [0.25, 0.3) is 0 Å². The monoisotopic (exact) mass is 436 g/mol. The van der Waals surface area contributed by atoms with Gasteiger partial charge in [-0.15, -0.1) is 0 Å². The molecule has 0 saturated carbocycles. The van der Waals surface area contributed by atoms with Crippen molar-refractivity contribution in [1.82, 2.24) is 0 Å². The Labute approximate surface area is 180 Å². The molecule has 4 nitrogen and oxygen atoms in total. The lowest BCUT2D eigenvalue weighted by Gasteiger charge is -2.18. The first-order valence-electron chi connectivity index (χ1n) is 10.3. The third-order valence-electron chi connectivity index (χ3n) is 5.14. The number of rotatable bonds is 11. The molecule has 166 valence electrons. The average molecular weight is 437 g/mol. The maximum atomic E-state index is 13.3. The normalized spacial score (nSPS) is 13.5. The quantitative estimate of drug-likeness (QED) is 0.289. The lowest BCUT2D eigenvalue weighted by molar-refractivity contribution is 0.0502. The number of hydrogen-bond acceptors (Lipinski definition) is 4. The van der Waals surface area contributed by atoms with Gasteiger partial charge in [0.15, 0.2) is 13.2 Å². The van der Waals surface area contributed by atoms with E-state index < -0.39 is 13.8 Å². The van der Waals surface area contributed by atoms with E-state index >= 15 is 0 Å². The highest BCUT2D eigenvalue weighted by atomic mass is 31.2. The molecule has 0 aliphatic rings. The molecule has 1 unspecified atom stereocenters. The molecule has 0 aliphatic heterocycles. The number of hydrogen-bond donors (Lipinski definition) is 0. The van der Waals surface area contributed by atoms with E-state index in [1.807, 2.05) is 32.0 Å². The average Bonchev–Trinajstić information content (AvgIpc) is 2.69. The van der Waals surface area contributed by atoms with E-state index in [0.29, 0.717) is 5.92 Å². The van der Waals surface area contributed by atoms with Gasteiger partial charge in [0, 0.05) is 7.11 Å². The summed E-state index contributed by atoms with van der Waals surface area (Å²) in [5.74, 6) is 1.17. The van der Waals surface area contributed by atoms with Crippen LogP contribution in [0.5, 0.6) is 5.75 Å². The smallest absolute Gasteiger partial charge is 0.237 e. The molecule has 0 N–H and O–H groups in total. The number of ether oxygens (including phenoxy) is 2. The largest absolute Gasteiger partial charge is 0.467 e. The van der Waals surface area contributed by atoms with Gasteiger partial charge in [0.05, 0.1) is 12.8 Å². The SMILES string of the molecule is CCOP(=O)(CF)Cc1cc(C)c(Cc2ccc(OCOC)c(C(C)C)c2)c(C)c1. The zero-order chi connectivity index (χ0) is 22.3. The van der Waals surface area contributed by atoms with Crippen molar-refractivity contribution in [3.8, 4) is 5.75 Å². The van der Waals surface area contributed by atoms with Crippen molar-refractivity contribution >= 4 is 7.37 Å². The van der Waals surface area contributed by atoms with Gasteiger partial charge in [0.2, 0.25) is 7.37 Å². The molecular formula is C24H34FO4P. The highest BCUT2D eigenvalue weighted by molar-refractivity contribution is 7.57. The van der Waals surface area contributed by atoms with Crippen LogP contribution in [0.1, 0.15) is 60.1 Å². The van der Waals surface area contributed by atoms with Crippen LogP contribution in [0.2, 0.25) is 0 Å². The van der Waals surface area contributed by atoms with Gasteiger partial charge in [-0.25, -0.2) is 4.39 Å². The molecule has 0 radical (unpaired) electrons. The maximum absolute atomic E-state index is 13.3. The second kappa shape index (κ2) is 11.1. The summed E-state index contributed by atoms with van der Waals surface area (Å²) in [6.45, 7) is 10.6. The highest BCUT2D eigenvalue weighted by Gasteiger charge is 2.24. The van der Waals surface area contributed by atoms with Crippen LogP contribution < -0.4 is 4.74 Å². The standard InChI is InChI=1S/C24H34FO4P/c1-7-29-30(26,15-25)14-21-10-18(4)23(19(5)11-21)13-20-8-9-24(28-16-27-6)22(12-20)17(2)3/h8-12,17H,7,13-16H2,1-6H3. The molecule has 0 saturated heterocycles. The predicted octanol–water partition coefficient (Wildman–Crippen LogP) is 6.74. The summed E-state index contributed by atoms with van der Waals surface area (Å²) < 4.78 is 41.8. The Balaban J connectivity index is 2.29. The van der Waals surface area contributed by atoms with Crippen molar-refractivity contribution in [1.29, 1.82) is 0 Å². The van der Waals surface area contributed by atoms with E-state index in [0.717, 1.165) is 34.4 Å². The van der Waals surface area contributed by atoms with E-state index in [1.165, 1.54) is 11.1 Å². The molecule has 6 heteroatoms. The number of alkyl halides is 1. The summed E-state index contributed by atoms with van der Waals surface area (Å²) in [4.78, 5) is 0. The second-order valence-electron chi connectivity index (χ2n) is 7.97. The van der Waals surface area contributed by atoms with Crippen LogP contribution in [-0.2, 0) is 26.4 Å². The fraction of sp³-hybridized carbons (Fsp3) is 0.500. The summed E-state index contributed by atoms with van der Waals surface area (Å²) in [6.07, 6.45) is -0.0209. The summed E-state index contributed by atoms with van der Waals surface area (Å²) in [5, 5.41) is 0. The Kier molecular flexibility index (Phi) is 9.09. The van der Waals surface area contributed by atoms with Gasteiger partial charge in [0.1, 0.15) is 5.75 Å². The van der Waals surface area contributed by atoms with Gasteiger partial charge in [0.25, 0.3) is 0 Å². The van der Waals surface area contributed by atoms with Crippen molar-refractivity contribution in [2.45, 2.75) is 53.1 Å². The number of aryl methyl sites for hydroxylation is 2. The molecule has 0 amide bonds. The van der Waals surface area contributed by atoms with Crippen LogP contribution >= 0.6 is 7.37 Å². The van der Waals surface area contributed by atoms with E-state index in [2.05, 4.69) is 26.0 Å². The molecule has 0 heterocycles. The predicted molar refractivity (Wildman–Crippen MR) is 121 cm³/mol. The molecule has 30 heavy (non-hydrogen) atoms. The van der Waals surface area contributed by atoms with Crippen LogP contribution in [-0.4, -0.2) is 26.9 Å². The van der Waals surface area contributed by atoms with E-state index in [9.17, 15) is 8.96 Å². The number of halogens is 1. The Morgan fingerprint density at radius 3 is 2.27 bits per heavy atom. The minimum atomic E-state index is -3.27. The molecule has 0 aromatic heterocycles. The van der Waals surface area contributed by atoms with Crippen LogP contribution in [0, 0.1) is 13.8 Å². The third-order valence-corrected chi connectivity index (χ3v) is 7.08. The summed E-state index contributed by atoms with van der Waals surface area (Å²) in [6, 6.07) is 10.3. The van der Waals surface area contributed by atoms with E-state index in [1.54, 1.807) is 14.0 Å². The van der Waals surface area contributed by atoms with Gasteiger partial charge in [-0.1, -0.05) is 38.1 Å². The second-order valence-corrected chi connectivity index (χ2v) is 10.4. The zero-order valence-electron chi connectivity index (χ0n) is 19.0. The van der Waals surface area contributed by atoms with Crippen molar-refractivity contribution in [2.24, 2.45) is 0 Å². The fourth-order valence-electron chi connectivity index (χ4n) is 3.71. The summed E-state index contributed by atoms with van der Waals surface area (Å²) >= 11 is 0. The Morgan fingerprint density at radius 2 is 1.73 bits per heavy atom. The molecule has 0 spiro atoms. The summed E-state index contributed by atoms with van der Waals surface area (Å²) in [5.41, 5.74) is 6.65. The topological polar surface area (TPSA) is 44.8 Å². The lowest BCUT2D eigenvalue weighted by Crippen LogP contribution is -2.04. The number of methoxy groups -OCH3 is 1. The van der Waals surface area contributed by atoms with Crippen LogP contribution in [0.15, 0.2) is 30.3 Å². The molecule has 0 aliphatic carbocycles. The first kappa shape index (κ1) is 24.6. The van der Waals surface area contributed by atoms with Gasteiger partial charge >= 0.3 is 0 Å². The van der Waals surface area contributed by atoms with Crippen LogP contribution in [0.4, 0.5) is 4.39 Å². The Morgan fingerprint density at radius 1 is 1.07 bits per heavy atom. The maximum Gasteiger partial charge on any atom is 0.237 e. The Hall–Kier alpha value is -1.68. The van der Waals surface area contributed by atoms with Crippen molar-refractivity contribution in [3.63, 3.8) is 0 Å². The Bertz CT molecular complexity index is 872. The van der Waals surface area contributed by atoms with Crippen LogP contribution in [0.3, 0.4) is 0 Å². The first-order chi connectivity index (χ1) is 14.2. The fourth-order valence-corrected chi connectivity index (χ4v) is 5.16. The number of benzene rings is 2. The van der Waals surface area contributed by atoms with Crippen molar-refractivity contribution in [2.75, 3.05) is 26.9 Å². The van der Waals surface area contributed by atoms with E-state index in [-0.39, 0.29) is 19.6 Å². The highest BCUT2D eigenvalue weighted by Crippen LogP contribution is 2.50. The lowest BCUT2D eigenvalue weighted by atomic mass is 9.92. The van der Waals surface area contributed by atoms with Crippen molar-refractivity contribution in [3.05, 3.63) is 63.7 Å². The molecule has 2 rings (SSSR count). The third kappa shape index (κ3) is 6.41. The van der Waals surface area contributed by atoms with Gasteiger partial charge in [-0.05, 0) is 72.6 Å². The molecule has 1 atom stereocenters. The van der Waals surface area contributed by atoms with Crippen molar-refractivity contribution < 1.29 is 23.0 Å². The molecule has 0 bridgehead atoms. The summed E-state index contributed by atoms with van der Waals surface area (Å²) in [7, 11) is -1.66.